The molecule has 1 amide bonds. The number of pyridine rings is 1. The van der Waals surface area contributed by atoms with Gasteiger partial charge in [-0.3, -0.25) is 4.79 Å². The Balaban J connectivity index is 2.95. The van der Waals surface area contributed by atoms with Crippen LogP contribution >= 0.6 is 23.2 Å². The molecule has 1 atom stereocenters. The van der Waals surface area contributed by atoms with Gasteiger partial charge in [-0.2, -0.15) is 0 Å². The van der Waals surface area contributed by atoms with Crippen molar-refractivity contribution >= 4 is 34.8 Å². The van der Waals surface area contributed by atoms with Crippen LogP contribution in [0.1, 0.15) is 32.3 Å². The highest BCUT2D eigenvalue weighted by molar-refractivity contribution is 6.34. The van der Waals surface area contributed by atoms with E-state index in [2.05, 4.69) is 10.3 Å². The molecule has 0 saturated carbocycles. The van der Waals surface area contributed by atoms with E-state index >= 15 is 0 Å². The molecule has 1 unspecified atom stereocenters. The van der Waals surface area contributed by atoms with E-state index in [9.17, 15) is 4.79 Å². The lowest BCUT2D eigenvalue weighted by Gasteiger charge is -2.23. The van der Waals surface area contributed by atoms with Crippen molar-refractivity contribution in [2.24, 2.45) is 5.73 Å². The fourth-order valence-electron chi connectivity index (χ4n) is 1.63. The number of hydrogen-bond donors (Lipinski definition) is 2. The summed E-state index contributed by atoms with van der Waals surface area (Å²) in [6, 6.07) is 1.64. The molecule has 6 heteroatoms. The number of halogens is 2. The third-order valence-corrected chi connectivity index (χ3v) is 3.13. The molecule has 4 nitrogen and oxygen atoms in total. The summed E-state index contributed by atoms with van der Waals surface area (Å²) in [4.78, 5) is 15.9. The van der Waals surface area contributed by atoms with Crippen LogP contribution in [-0.2, 0) is 4.79 Å². The van der Waals surface area contributed by atoms with Gasteiger partial charge in [-0.05, 0) is 31.9 Å². The Kier molecular flexibility index (Phi) is 4.96. The lowest BCUT2D eigenvalue weighted by Crippen LogP contribution is -2.48. The molecular weight excluding hydrogens is 273 g/mol. The number of anilines is 1. The summed E-state index contributed by atoms with van der Waals surface area (Å²) >= 11 is 11.7. The van der Waals surface area contributed by atoms with Crippen LogP contribution in [0.5, 0.6) is 0 Å². The minimum Gasteiger partial charge on any atom is -0.322 e. The number of hydrogen-bond acceptors (Lipinski definition) is 3. The first-order valence-corrected chi connectivity index (χ1v) is 6.46. The van der Waals surface area contributed by atoms with E-state index in [1.807, 2.05) is 6.92 Å². The number of rotatable bonds is 4. The molecule has 0 fully saturated rings. The number of aromatic nitrogens is 1. The average molecular weight is 290 g/mol. The molecule has 18 heavy (non-hydrogen) atoms. The first-order valence-electron chi connectivity index (χ1n) is 5.71. The van der Waals surface area contributed by atoms with Crippen LogP contribution in [0.25, 0.3) is 0 Å². The zero-order valence-electron chi connectivity index (χ0n) is 10.7. The summed E-state index contributed by atoms with van der Waals surface area (Å²) in [5.74, 6) is -0.279. The highest BCUT2D eigenvalue weighted by Gasteiger charge is 2.28. The fourth-order valence-corrected chi connectivity index (χ4v) is 2.21. The van der Waals surface area contributed by atoms with E-state index in [1.165, 1.54) is 0 Å². The first-order chi connectivity index (χ1) is 8.27. The summed E-state index contributed by atoms with van der Waals surface area (Å²) in [6.07, 6.45) is 1.42. The van der Waals surface area contributed by atoms with Crippen LogP contribution in [0.4, 0.5) is 5.69 Å². The van der Waals surface area contributed by atoms with Crippen LogP contribution < -0.4 is 11.1 Å². The minimum absolute atomic E-state index is 0.167. The Bertz CT molecular complexity index is 438. The molecule has 0 spiro atoms. The van der Waals surface area contributed by atoms with Crippen LogP contribution in [0.3, 0.4) is 0 Å². The summed E-state index contributed by atoms with van der Waals surface area (Å²) in [6.45, 7) is 5.46. The lowest BCUT2D eigenvalue weighted by molar-refractivity contribution is -0.120. The van der Waals surface area contributed by atoms with Crippen LogP contribution in [0.2, 0.25) is 10.3 Å². The van der Waals surface area contributed by atoms with Crippen molar-refractivity contribution in [1.29, 1.82) is 0 Å². The first kappa shape index (κ1) is 15.2. The maximum Gasteiger partial charge on any atom is 0.244 e. The highest BCUT2D eigenvalue weighted by atomic mass is 35.5. The monoisotopic (exact) mass is 289 g/mol. The van der Waals surface area contributed by atoms with E-state index in [0.29, 0.717) is 17.3 Å². The van der Waals surface area contributed by atoms with Crippen molar-refractivity contribution in [3.05, 3.63) is 21.9 Å². The van der Waals surface area contributed by atoms with Crippen molar-refractivity contribution < 1.29 is 4.79 Å². The fraction of sp³-hybridized carbons (Fsp3) is 0.500. The predicted octanol–water partition coefficient (Wildman–Crippen LogP) is 3.15. The summed E-state index contributed by atoms with van der Waals surface area (Å²) in [5.41, 5.74) is 6.23. The number of carbonyl (C=O) groups is 1. The average Bonchev–Trinajstić information content (AvgIpc) is 2.22. The lowest BCUT2D eigenvalue weighted by atomic mass is 9.96. The number of aryl methyl sites for hydroxylation is 1. The maximum atomic E-state index is 12.1. The number of amides is 1. The predicted molar refractivity (Wildman–Crippen MR) is 75.1 cm³/mol. The zero-order valence-corrected chi connectivity index (χ0v) is 12.2. The van der Waals surface area contributed by atoms with E-state index in [1.54, 1.807) is 19.9 Å². The van der Waals surface area contributed by atoms with Gasteiger partial charge in [-0.25, -0.2) is 4.98 Å². The molecule has 3 N–H and O–H groups in total. The van der Waals surface area contributed by atoms with Crippen molar-refractivity contribution in [3.8, 4) is 0 Å². The number of nitrogens with one attached hydrogen (secondary N) is 1. The topological polar surface area (TPSA) is 68.0 Å². The molecule has 1 aromatic rings. The Morgan fingerprint density at radius 3 is 2.67 bits per heavy atom. The molecule has 0 radical (unpaired) electrons. The third-order valence-electron chi connectivity index (χ3n) is 2.67. The Hall–Kier alpha value is -0.840. The smallest absolute Gasteiger partial charge is 0.244 e. The SMILES string of the molecule is CCCC(C)(N)C(=O)Nc1c(C)cc(Cl)nc1Cl. The van der Waals surface area contributed by atoms with Crippen LogP contribution in [0, 0.1) is 6.92 Å². The van der Waals surface area contributed by atoms with Gasteiger partial charge in [0.15, 0.2) is 5.15 Å². The van der Waals surface area contributed by atoms with Crippen molar-refractivity contribution in [2.75, 3.05) is 5.32 Å². The number of nitrogens with zero attached hydrogens (tertiary/aromatic N) is 1. The van der Waals surface area contributed by atoms with Crippen LogP contribution in [-0.4, -0.2) is 16.4 Å². The molecule has 100 valence electrons. The molecular formula is C12H17Cl2N3O. The van der Waals surface area contributed by atoms with Gasteiger partial charge in [0.1, 0.15) is 5.15 Å². The Labute approximate surface area is 117 Å². The summed E-state index contributed by atoms with van der Waals surface area (Å²) < 4.78 is 0. The molecule has 0 aliphatic carbocycles. The van der Waals surface area contributed by atoms with E-state index in [0.717, 1.165) is 12.0 Å². The minimum atomic E-state index is -0.926. The number of nitrogens with two attached hydrogens (primary N) is 1. The molecule has 1 aromatic heterocycles. The van der Waals surface area contributed by atoms with Gasteiger partial charge in [0.05, 0.1) is 11.2 Å². The Morgan fingerprint density at radius 2 is 2.17 bits per heavy atom. The molecule has 1 rings (SSSR count). The largest absolute Gasteiger partial charge is 0.322 e. The highest BCUT2D eigenvalue weighted by Crippen LogP contribution is 2.27. The normalized spacial score (nSPS) is 14.1. The molecule has 0 aliphatic heterocycles. The third kappa shape index (κ3) is 3.57. The second kappa shape index (κ2) is 5.87. The van der Waals surface area contributed by atoms with Gasteiger partial charge in [0.25, 0.3) is 0 Å². The molecule has 1 heterocycles. The molecule has 0 aromatic carbocycles. The van der Waals surface area contributed by atoms with Gasteiger partial charge in [0, 0.05) is 0 Å². The van der Waals surface area contributed by atoms with Crippen molar-refractivity contribution in [3.63, 3.8) is 0 Å². The second-order valence-electron chi connectivity index (χ2n) is 4.55. The standard InChI is InChI=1S/C12H17Cl2N3O/c1-4-5-12(3,15)11(18)17-9-7(2)6-8(13)16-10(9)14/h6H,4-5,15H2,1-3H3,(H,17,18). The second-order valence-corrected chi connectivity index (χ2v) is 5.29. The Morgan fingerprint density at radius 1 is 1.56 bits per heavy atom. The van der Waals surface area contributed by atoms with E-state index < -0.39 is 5.54 Å². The molecule has 0 bridgehead atoms. The van der Waals surface area contributed by atoms with E-state index in [-0.39, 0.29) is 11.1 Å². The van der Waals surface area contributed by atoms with Gasteiger partial charge < -0.3 is 11.1 Å². The summed E-state index contributed by atoms with van der Waals surface area (Å²) in [5, 5.41) is 3.17. The van der Waals surface area contributed by atoms with Gasteiger partial charge in [0.2, 0.25) is 5.91 Å². The van der Waals surface area contributed by atoms with Gasteiger partial charge in [-0.15, -0.1) is 0 Å². The van der Waals surface area contributed by atoms with Crippen molar-refractivity contribution in [2.45, 2.75) is 39.2 Å². The van der Waals surface area contributed by atoms with Crippen LogP contribution in [0.15, 0.2) is 6.07 Å². The summed E-state index contributed by atoms with van der Waals surface area (Å²) in [7, 11) is 0. The van der Waals surface area contributed by atoms with Gasteiger partial charge in [-0.1, -0.05) is 36.5 Å². The molecule has 0 saturated heterocycles. The number of carbonyl (C=O) groups excluding carboxylic acids is 1. The van der Waals surface area contributed by atoms with E-state index in [4.69, 9.17) is 28.9 Å². The quantitative estimate of drug-likeness (QED) is 0.837. The van der Waals surface area contributed by atoms with Gasteiger partial charge >= 0.3 is 0 Å². The molecule has 0 aliphatic rings. The maximum absolute atomic E-state index is 12.1. The zero-order chi connectivity index (χ0) is 13.9. The van der Waals surface area contributed by atoms with Crippen molar-refractivity contribution in [1.82, 2.24) is 4.98 Å².